The van der Waals surface area contributed by atoms with E-state index in [9.17, 15) is 10.2 Å². The van der Waals surface area contributed by atoms with Crippen molar-refractivity contribution >= 4 is 11.0 Å². The van der Waals surface area contributed by atoms with E-state index in [0.717, 1.165) is 31.0 Å². The van der Waals surface area contributed by atoms with Gasteiger partial charge in [0.1, 0.15) is 5.82 Å². The summed E-state index contributed by atoms with van der Waals surface area (Å²) in [5.41, 5.74) is 3.23. The molecule has 2 heterocycles. The first kappa shape index (κ1) is 17.9. The summed E-state index contributed by atoms with van der Waals surface area (Å²) in [7, 11) is 0. The molecule has 3 atom stereocenters. The van der Waals surface area contributed by atoms with E-state index in [1.54, 1.807) is 0 Å². The third-order valence-corrected chi connectivity index (χ3v) is 7.06. The molecule has 3 unspecified atom stereocenters. The Kier molecular flexibility index (Phi) is 4.27. The molecule has 146 valence electrons. The first-order valence-corrected chi connectivity index (χ1v) is 10.1. The lowest BCUT2D eigenvalue weighted by Crippen LogP contribution is -2.32. The number of para-hydroxylation sites is 2. The van der Waals surface area contributed by atoms with Gasteiger partial charge in [0.25, 0.3) is 0 Å². The second-order valence-corrected chi connectivity index (χ2v) is 8.43. The number of imidazole rings is 1. The third-order valence-electron chi connectivity index (χ3n) is 7.06. The maximum Gasteiger partial charge on any atom is 0.124 e. The minimum Gasteiger partial charge on any atom is -0.396 e. The van der Waals surface area contributed by atoms with Crippen molar-refractivity contribution in [2.24, 2.45) is 17.3 Å². The molecule has 0 radical (unpaired) electrons. The molecule has 2 aromatic carbocycles. The topological polar surface area (TPSA) is 61.5 Å². The highest BCUT2D eigenvalue weighted by atomic mass is 16.3. The molecule has 1 aliphatic heterocycles. The van der Waals surface area contributed by atoms with Crippen LogP contribution in [0.1, 0.15) is 24.4 Å². The van der Waals surface area contributed by atoms with Crippen molar-refractivity contribution in [3.05, 3.63) is 66.0 Å². The lowest BCUT2D eigenvalue weighted by atomic mass is 10.0. The Morgan fingerprint density at radius 2 is 1.64 bits per heavy atom. The normalized spacial score (nSPS) is 24.4. The number of aliphatic hydroxyl groups excluding tert-OH is 2. The van der Waals surface area contributed by atoms with Crippen molar-refractivity contribution in [1.82, 2.24) is 14.5 Å². The van der Waals surface area contributed by atoms with E-state index in [4.69, 9.17) is 4.98 Å². The average molecular weight is 377 g/mol. The number of hydrogen-bond acceptors (Lipinski definition) is 4. The molecule has 1 aromatic heterocycles. The molecule has 5 rings (SSSR count). The van der Waals surface area contributed by atoms with Crippen LogP contribution in [0.2, 0.25) is 0 Å². The van der Waals surface area contributed by atoms with Crippen LogP contribution in [0, 0.1) is 17.3 Å². The van der Waals surface area contributed by atoms with E-state index in [2.05, 4.69) is 58.9 Å². The molecule has 0 bridgehead atoms. The number of hydrogen-bond donors (Lipinski definition) is 2. The van der Waals surface area contributed by atoms with Crippen molar-refractivity contribution in [2.75, 3.05) is 26.3 Å². The number of aromatic nitrogens is 2. The zero-order chi connectivity index (χ0) is 19.3. The Bertz CT molecular complexity index is 966. The fourth-order valence-electron chi connectivity index (χ4n) is 5.29. The number of fused-ring (bicyclic) bond motifs is 2. The molecule has 2 N–H and O–H groups in total. The molecule has 5 heteroatoms. The molecule has 2 fully saturated rings. The summed E-state index contributed by atoms with van der Waals surface area (Å²) in [6, 6.07) is 19.1. The number of nitrogens with zero attached hydrogens (tertiary/aromatic N) is 3. The molecule has 1 saturated heterocycles. The van der Waals surface area contributed by atoms with E-state index in [-0.39, 0.29) is 24.7 Å². The van der Waals surface area contributed by atoms with Crippen LogP contribution in [0.25, 0.3) is 11.0 Å². The minimum absolute atomic E-state index is 0.0935. The van der Waals surface area contributed by atoms with Crippen LogP contribution in [0.5, 0.6) is 0 Å². The second kappa shape index (κ2) is 6.69. The smallest absolute Gasteiger partial charge is 0.124 e. The Hall–Kier alpha value is -2.21. The van der Waals surface area contributed by atoms with Gasteiger partial charge in [-0.3, -0.25) is 4.90 Å². The highest BCUT2D eigenvalue weighted by Gasteiger charge is 2.67. The summed E-state index contributed by atoms with van der Waals surface area (Å²) in [6.07, 6.45) is 0. The third kappa shape index (κ3) is 2.61. The summed E-state index contributed by atoms with van der Waals surface area (Å²) in [6.45, 7) is 5.07. The maximum absolute atomic E-state index is 9.68. The number of rotatable bonds is 6. The minimum atomic E-state index is -0.242. The predicted octanol–water partition coefficient (Wildman–Crippen LogP) is 2.68. The molecule has 2 aliphatic rings. The van der Waals surface area contributed by atoms with Crippen LogP contribution in [-0.2, 0) is 6.54 Å². The lowest BCUT2D eigenvalue weighted by Gasteiger charge is -2.25. The van der Waals surface area contributed by atoms with Crippen LogP contribution in [-0.4, -0.2) is 51.0 Å². The molecular weight excluding hydrogens is 350 g/mol. The largest absolute Gasteiger partial charge is 0.396 e. The molecule has 0 amide bonds. The van der Waals surface area contributed by atoms with Crippen molar-refractivity contribution in [3.63, 3.8) is 0 Å². The van der Waals surface area contributed by atoms with E-state index in [1.807, 2.05) is 12.1 Å². The van der Waals surface area contributed by atoms with Gasteiger partial charge in [0.05, 0.1) is 36.8 Å². The summed E-state index contributed by atoms with van der Waals surface area (Å²) in [4.78, 5) is 7.39. The number of piperidine rings is 1. The molecule has 3 aromatic rings. The van der Waals surface area contributed by atoms with E-state index in [1.165, 1.54) is 11.1 Å². The molecular formula is C23H27N3O2. The summed E-state index contributed by atoms with van der Waals surface area (Å²) in [5, 5.41) is 19.4. The first-order valence-electron chi connectivity index (χ1n) is 10.1. The van der Waals surface area contributed by atoms with Crippen LogP contribution in [0.4, 0.5) is 0 Å². The van der Waals surface area contributed by atoms with Gasteiger partial charge in [0, 0.05) is 18.5 Å². The zero-order valence-corrected chi connectivity index (χ0v) is 16.2. The van der Waals surface area contributed by atoms with Gasteiger partial charge in [-0.15, -0.1) is 0 Å². The highest BCUT2D eigenvalue weighted by molar-refractivity contribution is 5.76. The molecule has 1 saturated carbocycles. The Balaban J connectivity index is 1.44. The van der Waals surface area contributed by atoms with Crippen LogP contribution >= 0.6 is 0 Å². The fourth-order valence-corrected chi connectivity index (χ4v) is 5.29. The monoisotopic (exact) mass is 377 g/mol. The molecule has 28 heavy (non-hydrogen) atoms. The summed E-state index contributed by atoms with van der Waals surface area (Å²) < 4.78 is 2.36. The van der Waals surface area contributed by atoms with Crippen LogP contribution in [0.15, 0.2) is 54.6 Å². The van der Waals surface area contributed by atoms with Gasteiger partial charge in [-0.05, 0) is 36.5 Å². The van der Waals surface area contributed by atoms with Gasteiger partial charge in [-0.1, -0.05) is 42.5 Å². The summed E-state index contributed by atoms with van der Waals surface area (Å²) in [5.74, 6) is 1.90. The Morgan fingerprint density at radius 3 is 2.32 bits per heavy atom. The van der Waals surface area contributed by atoms with Gasteiger partial charge in [0.2, 0.25) is 0 Å². The lowest BCUT2D eigenvalue weighted by molar-refractivity contribution is 0.0861. The van der Waals surface area contributed by atoms with E-state index in [0.29, 0.717) is 11.8 Å². The average Bonchev–Trinajstić information content (AvgIpc) is 3.02. The summed E-state index contributed by atoms with van der Waals surface area (Å²) >= 11 is 0. The van der Waals surface area contributed by atoms with Crippen molar-refractivity contribution in [3.8, 4) is 0 Å². The predicted molar refractivity (Wildman–Crippen MR) is 109 cm³/mol. The second-order valence-electron chi connectivity index (χ2n) is 8.43. The standard InChI is InChI=1S/C23H27N3O2/c1-16(17-7-3-2-4-8-17)26-21-10-6-5-9-20(21)24-22(26)13-25-11-18-19(12-25)23(18,14-27)15-28/h2-10,16,18-19,27-28H,11-15H2,1H3. The fraction of sp³-hybridized carbons (Fsp3) is 0.435. The molecule has 1 aliphatic carbocycles. The van der Waals surface area contributed by atoms with E-state index >= 15 is 0 Å². The van der Waals surface area contributed by atoms with Crippen molar-refractivity contribution < 1.29 is 10.2 Å². The van der Waals surface area contributed by atoms with Gasteiger partial charge >= 0.3 is 0 Å². The van der Waals surface area contributed by atoms with Gasteiger partial charge < -0.3 is 14.8 Å². The van der Waals surface area contributed by atoms with Crippen molar-refractivity contribution in [1.29, 1.82) is 0 Å². The first-order chi connectivity index (χ1) is 13.7. The van der Waals surface area contributed by atoms with Crippen LogP contribution in [0.3, 0.4) is 0 Å². The Labute approximate surface area is 165 Å². The molecule has 5 nitrogen and oxygen atoms in total. The molecule has 0 spiro atoms. The van der Waals surface area contributed by atoms with Gasteiger partial charge in [-0.25, -0.2) is 4.98 Å². The zero-order valence-electron chi connectivity index (χ0n) is 16.2. The van der Waals surface area contributed by atoms with E-state index < -0.39 is 0 Å². The van der Waals surface area contributed by atoms with Gasteiger partial charge in [0.15, 0.2) is 0 Å². The highest BCUT2D eigenvalue weighted by Crippen LogP contribution is 2.62. The quantitative estimate of drug-likeness (QED) is 0.693. The van der Waals surface area contributed by atoms with Gasteiger partial charge in [-0.2, -0.15) is 0 Å². The number of likely N-dealkylation sites (tertiary alicyclic amines) is 1. The number of benzene rings is 2. The van der Waals surface area contributed by atoms with Crippen molar-refractivity contribution in [2.45, 2.75) is 19.5 Å². The SMILES string of the molecule is CC(c1ccccc1)n1c(CN2CC3C(C2)C3(CO)CO)nc2ccccc21. The van der Waals surface area contributed by atoms with Crippen LogP contribution < -0.4 is 0 Å². The maximum atomic E-state index is 9.68. The number of aliphatic hydroxyl groups is 2. The Morgan fingerprint density at radius 1 is 1.00 bits per heavy atom.